The van der Waals surface area contributed by atoms with Gasteiger partial charge in [-0.25, -0.2) is 5.06 Å². The van der Waals surface area contributed by atoms with Crippen molar-refractivity contribution < 1.29 is 51.7 Å². The number of rotatable bonds is 18. The lowest BCUT2D eigenvalue weighted by Gasteiger charge is -2.21. The first-order valence-electron chi connectivity index (χ1n) is 20.6. The Morgan fingerprint density at radius 2 is 1.12 bits per heavy atom. The molecule has 0 saturated heterocycles. The first kappa shape index (κ1) is 53.0. The number of ether oxygens (including phenoxy) is 6. The molecule has 2 heterocycles. The summed E-state index contributed by atoms with van der Waals surface area (Å²) < 4.78 is 44.8. The minimum Gasteiger partial charge on any atom is -0.495 e. The van der Waals surface area contributed by atoms with E-state index in [0.717, 1.165) is 55.3 Å². The lowest BCUT2D eigenvalue weighted by Crippen LogP contribution is -2.31. The molecule has 2 aromatic heterocycles. The van der Waals surface area contributed by atoms with E-state index in [1.807, 2.05) is 99.0 Å². The number of ketones is 1. The van der Waals surface area contributed by atoms with E-state index < -0.39 is 12.2 Å². The Balaban J connectivity index is 0.000000233. The molecule has 16 heteroatoms. The Kier molecular flexibility index (Phi) is 20.8. The average Bonchev–Trinajstić information content (AvgIpc) is 4.05. The van der Waals surface area contributed by atoms with Crippen LogP contribution in [0, 0.1) is 0 Å². The van der Waals surface area contributed by atoms with Crippen molar-refractivity contribution in [1.29, 1.82) is 0 Å². The number of methoxy groups -OCH3 is 6. The van der Waals surface area contributed by atoms with Gasteiger partial charge < -0.3 is 47.5 Å². The summed E-state index contributed by atoms with van der Waals surface area (Å²) in [5.41, 5.74) is 5.40. The summed E-state index contributed by atoms with van der Waals surface area (Å²) in [6.45, 7) is 4.97. The predicted octanol–water partition coefficient (Wildman–Crippen LogP) is 11.3. The summed E-state index contributed by atoms with van der Waals surface area (Å²) >= 11 is 6.87. The van der Waals surface area contributed by atoms with Crippen molar-refractivity contribution in [2.45, 2.75) is 38.6 Å². The van der Waals surface area contributed by atoms with Crippen molar-refractivity contribution in [3.05, 3.63) is 135 Å². The molecule has 66 heavy (non-hydrogen) atoms. The molecule has 0 saturated carbocycles. The molecule has 0 aliphatic rings. The fraction of sp³-hybridized carbons (Fsp3) is 0.320. The average molecular weight is 1040 g/mol. The van der Waals surface area contributed by atoms with Gasteiger partial charge in [-0.3, -0.25) is 14.4 Å². The standard InChI is InChI=1S/C24H26BrNO5.C14H22N2O3.C12H11BrO3/c1-26(2)14-15-6-8-16(9-7-15)24(30-5)23(27)19-11-10-18(31-19)17-12-20(28-3)22(25)21(13-17)29-4;1-10(2)15-12-8-6-11(7-9-12)13(18-4)14(17)16(3)19-5;1-14-10-6-8(9-4-3-5-16-9)7-11(15-2)12(10)13/h6-13,24H,14H2,1-5H3;6-10,13,15H,1-5H3;3-7H,1-2H3. The maximum absolute atomic E-state index is 13.1. The Morgan fingerprint density at radius 3 is 1.55 bits per heavy atom. The van der Waals surface area contributed by atoms with Gasteiger partial charge in [0.25, 0.3) is 5.91 Å². The van der Waals surface area contributed by atoms with Gasteiger partial charge in [-0.2, -0.15) is 0 Å². The van der Waals surface area contributed by atoms with Crippen LogP contribution in [0.4, 0.5) is 5.69 Å². The van der Waals surface area contributed by atoms with Gasteiger partial charge in [0.15, 0.2) is 11.9 Å². The Bertz CT molecular complexity index is 2390. The van der Waals surface area contributed by atoms with Gasteiger partial charge in [0, 0.05) is 50.7 Å². The second-order valence-electron chi connectivity index (χ2n) is 15.0. The van der Waals surface area contributed by atoms with E-state index in [1.54, 1.807) is 53.9 Å². The first-order chi connectivity index (χ1) is 31.6. The van der Waals surface area contributed by atoms with Crippen molar-refractivity contribution in [1.82, 2.24) is 9.96 Å². The highest BCUT2D eigenvalue weighted by molar-refractivity contribution is 9.11. The molecule has 0 aliphatic carbocycles. The summed E-state index contributed by atoms with van der Waals surface area (Å²) in [4.78, 5) is 32.1. The molecule has 6 aromatic rings. The maximum atomic E-state index is 13.1. The van der Waals surface area contributed by atoms with Gasteiger partial charge in [-0.05, 0) is 137 Å². The quantitative estimate of drug-likeness (QED) is 0.0645. The Morgan fingerprint density at radius 1 is 0.636 bits per heavy atom. The summed E-state index contributed by atoms with van der Waals surface area (Å²) in [6.07, 6.45) is 0.232. The SMILES string of the molecule is COC(C(=O)N(C)OC)c1ccc(NC(C)C)cc1.COc1cc(-c2ccc(C(=O)C(OC)c3ccc(CN(C)C)cc3)o2)cc(OC)c1Br.COc1cc(-c2ccco2)cc(OC)c1Br. The molecule has 6 rings (SSSR count). The minimum atomic E-state index is -0.749. The van der Waals surface area contributed by atoms with Crippen LogP contribution < -0.4 is 24.3 Å². The molecule has 1 amide bonds. The van der Waals surface area contributed by atoms with E-state index in [0.29, 0.717) is 39.3 Å². The highest BCUT2D eigenvalue weighted by Crippen LogP contribution is 2.41. The molecule has 0 bridgehead atoms. The zero-order chi connectivity index (χ0) is 48.5. The summed E-state index contributed by atoms with van der Waals surface area (Å²) in [5.74, 6) is 3.68. The molecule has 1 N–H and O–H groups in total. The molecule has 0 aliphatic heterocycles. The largest absolute Gasteiger partial charge is 0.495 e. The number of hydrogen-bond donors (Lipinski definition) is 1. The summed E-state index contributed by atoms with van der Waals surface area (Å²) in [5, 5.41) is 4.45. The van der Waals surface area contributed by atoms with Gasteiger partial charge in [-0.15, -0.1) is 0 Å². The third-order valence-corrected chi connectivity index (χ3v) is 11.4. The van der Waals surface area contributed by atoms with Crippen LogP contribution in [0.15, 0.2) is 121 Å². The number of benzene rings is 4. The molecule has 0 radical (unpaired) electrons. The van der Waals surface area contributed by atoms with Crippen LogP contribution in [-0.2, 0) is 25.7 Å². The lowest BCUT2D eigenvalue weighted by atomic mass is 10.0. The number of halogens is 2. The van der Waals surface area contributed by atoms with Crippen LogP contribution in [0.2, 0.25) is 0 Å². The van der Waals surface area contributed by atoms with Crippen LogP contribution in [0.5, 0.6) is 23.0 Å². The van der Waals surface area contributed by atoms with Gasteiger partial charge in [0.1, 0.15) is 49.6 Å². The highest BCUT2D eigenvalue weighted by atomic mass is 79.9. The van der Waals surface area contributed by atoms with E-state index >= 15 is 0 Å². The molecular weight excluding hydrogens is 978 g/mol. The monoisotopic (exact) mass is 1040 g/mol. The van der Waals surface area contributed by atoms with Crippen LogP contribution >= 0.6 is 31.9 Å². The second-order valence-corrected chi connectivity index (χ2v) is 16.6. The molecule has 0 fully saturated rings. The zero-order valence-electron chi connectivity index (χ0n) is 39.4. The Hall–Kier alpha value is -5.62. The fourth-order valence-corrected chi connectivity index (χ4v) is 7.61. The predicted molar refractivity (Wildman–Crippen MR) is 263 cm³/mol. The van der Waals surface area contributed by atoms with Gasteiger partial charge in [0.2, 0.25) is 5.78 Å². The van der Waals surface area contributed by atoms with Gasteiger partial charge in [-0.1, -0.05) is 36.4 Å². The lowest BCUT2D eigenvalue weighted by molar-refractivity contribution is -0.179. The minimum absolute atomic E-state index is 0.222. The number of amides is 1. The number of hydrogen-bond acceptors (Lipinski definition) is 13. The Labute approximate surface area is 404 Å². The molecular formula is C50H59Br2N3O11. The van der Waals surface area contributed by atoms with E-state index in [4.69, 9.17) is 42.1 Å². The molecule has 354 valence electrons. The van der Waals surface area contributed by atoms with Crippen LogP contribution in [-0.4, -0.2) is 98.6 Å². The van der Waals surface area contributed by atoms with Crippen LogP contribution in [0.3, 0.4) is 0 Å². The van der Waals surface area contributed by atoms with Gasteiger partial charge in [0.05, 0.1) is 41.8 Å². The van der Waals surface area contributed by atoms with E-state index in [2.05, 4.69) is 55.9 Å². The van der Waals surface area contributed by atoms with Crippen LogP contribution in [0.25, 0.3) is 22.6 Å². The smallest absolute Gasteiger partial charge is 0.279 e. The summed E-state index contributed by atoms with van der Waals surface area (Å²) in [7, 11) is 16.4. The number of carbonyl (C=O) groups excluding carboxylic acids is 2. The number of carbonyl (C=O) groups is 2. The fourth-order valence-electron chi connectivity index (χ4n) is 6.50. The van der Waals surface area contributed by atoms with E-state index in [-0.39, 0.29) is 17.5 Å². The molecule has 14 nitrogen and oxygen atoms in total. The van der Waals surface area contributed by atoms with Crippen molar-refractivity contribution >= 4 is 49.2 Å². The topological polar surface area (TPSA) is 144 Å². The molecule has 4 aromatic carbocycles. The first-order valence-corrected chi connectivity index (χ1v) is 22.2. The molecule has 0 spiro atoms. The number of furan rings is 2. The van der Waals surface area contributed by atoms with Crippen molar-refractivity contribution in [3.63, 3.8) is 0 Å². The number of likely N-dealkylation sites (N-methyl/N-ethyl adjacent to an activating group) is 1. The normalized spacial score (nSPS) is 11.7. The van der Waals surface area contributed by atoms with Crippen molar-refractivity contribution in [2.75, 3.05) is 76.2 Å². The number of nitrogens with zero attached hydrogens (tertiary/aromatic N) is 2. The van der Waals surface area contributed by atoms with E-state index in [9.17, 15) is 9.59 Å². The van der Waals surface area contributed by atoms with E-state index in [1.165, 1.54) is 21.3 Å². The molecule has 2 unspecified atom stereocenters. The number of anilines is 1. The number of Topliss-reactive ketones (excluding diaryl/α,β-unsaturated/α-hetero) is 1. The number of nitrogens with one attached hydrogen (secondary N) is 1. The number of hydroxylamine groups is 2. The highest BCUT2D eigenvalue weighted by Gasteiger charge is 2.26. The molecule has 2 atom stereocenters. The zero-order valence-corrected chi connectivity index (χ0v) is 42.6. The second kappa shape index (κ2) is 25.9. The van der Waals surface area contributed by atoms with Gasteiger partial charge >= 0.3 is 0 Å². The maximum Gasteiger partial charge on any atom is 0.279 e. The summed E-state index contributed by atoms with van der Waals surface area (Å²) in [6, 6.07) is 30.4. The van der Waals surface area contributed by atoms with Crippen molar-refractivity contribution in [3.8, 4) is 45.6 Å². The third kappa shape index (κ3) is 14.2. The third-order valence-electron chi connectivity index (χ3n) is 9.80. The van der Waals surface area contributed by atoms with Crippen LogP contribution in [0.1, 0.15) is 53.3 Å². The van der Waals surface area contributed by atoms with Crippen molar-refractivity contribution in [2.24, 2.45) is 0 Å².